The molecule has 0 fully saturated rings. The molecule has 0 amide bonds. The maximum atomic E-state index is 12.2. The van der Waals surface area contributed by atoms with Crippen LogP contribution in [0.2, 0.25) is 0 Å². The predicted molar refractivity (Wildman–Crippen MR) is 77.6 cm³/mol. The van der Waals surface area contributed by atoms with E-state index in [2.05, 4.69) is 25.8 Å². The third-order valence-corrected chi connectivity index (χ3v) is 4.90. The molecule has 0 radical (unpaired) electrons. The molecule has 2 aromatic rings. The molecule has 0 aliphatic rings. The van der Waals surface area contributed by atoms with Gasteiger partial charge in [0.15, 0.2) is 0 Å². The average Bonchev–Trinajstić information content (AvgIpc) is 2.77. The number of hydrogen-bond donors (Lipinski definition) is 1. The molecule has 0 unspecified atom stereocenters. The van der Waals surface area contributed by atoms with E-state index in [1.165, 1.54) is 6.20 Å². The van der Waals surface area contributed by atoms with E-state index < -0.39 is 10.0 Å². The molecule has 0 bridgehead atoms. The smallest absolute Gasteiger partial charge is 0.263 e. The highest BCUT2D eigenvalue weighted by atomic mass is 79.9. The van der Waals surface area contributed by atoms with Gasteiger partial charge in [0.2, 0.25) is 0 Å². The maximum absolute atomic E-state index is 12.2. The number of benzene rings is 1. The molecule has 0 aliphatic heterocycles. The van der Waals surface area contributed by atoms with Gasteiger partial charge in [0.1, 0.15) is 4.90 Å². The van der Waals surface area contributed by atoms with Crippen molar-refractivity contribution in [1.82, 2.24) is 9.78 Å². The molecule has 0 aliphatic carbocycles. The third kappa shape index (κ3) is 3.16. The van der Waals surface area contributed by atoms with Gasteiger partial charge in [-0.2, -0.15) is 5.10 Å². The van der Waals surface area contributed by atoms with E-state index in [0.717, 1.165) is 0 Å². The van der Waals surface area contributed by atoms with Gasteiger partial charge in [-0.05, 0) is 41.9 Å². The Morgan fingerprint density at radius 3 is 2.58 bits per heavy atom. The minimum Gasteiger partial charge on any atom is -0.276 e. The van der Waals surface area contributed by atoms with Gasteiger partial charge in [-0.1, -0.05) is 12.1 Å². The zero-order valence-corrected chi connectivity index (χ0v) is 12.9. The fraction of sp³-hybridized carbons (Fsp3) is 0.250. The number of hydrogen-bond acceptors (Lipinski definition) is 3. The van der Waals surface area contributed by atoms with Crippen LogP contribution in [0.3, 0.4) is 0 Å². The number of anilines is 1. The summed E-state index contributed by atoms with van der Waals surface area (Å²) in [6.45, 7) is 3.94. The molecule has 102 valence electrons. The monoisotopic (exact) mass is 343 g/mol. The molecular formula is C12H14BrN3O2S. The molecule has 7 heteroatoms. The Morgan fingerprint density at radius 1 is 1.32 bits per heavy atom. The quantitative estimate of drug-likeness (QED) is 0.927. The second kappa shape index (κ2) is 5.34. The molecule has 0 spiro atoms. The maximum Gasteiger partial charge on any atom is 0.263 e. The molecule has 0 saturated heterocycles. The van der Waals surface area contributed by atoms with Crippen molar-refractivity contribution < 1.29 is 8.42 Å². The van der Waals surface area contributed by atoms with Crippen LogP contribution in [-0.4, -0.2) is 18.2 Å². The summed E-state index contributed by atoms with van der Waals surface area (Å²) in [7, 11) is -3.61. The Hall–Kier alpha value is -1.34. The lowest BCUT2D eigenvalue weighted by molar-refractivity contribution is 0.532. The van der Waals surface area contributed by atoms with Gasteiger partial charge in [0.25, 0.3) is 10.0 Å². The van der Waals surface area contributed by atoms with Crippen LogP contribution in [0.15, 0.2) is 46.0 Å². The van der Waals surface area contributed by atoms with Crippen LogP contribution in [0.4, 0.5) is 5.69 Å². The normalized spacial score (nSPS) is 11.8. The summed E-state index contributed by atoms with van der Waals surface area (Å²) < 4.78 is 29.2. The van der Waals surface area contributed by atoms with Crippen molar-refractivity contribution in [2.45, 2.75) is 24.8 Å². The second-order valence-corrected chi connectivity index (χ2v) is 6.84. The molecule has 2 rings (SSSR count). The summed E-state index contributed by atoms with van der Waals surface area (Å²) in [5, 5.41) is 4.09. The summed E-state index contributed by atoms with van der Waals surface area (Å²) in [5.74, 6) is 0. The highest BCUT2D eigenvalue weighted by Crippen LogP contribution is 2.23. The van der Waals surface area contributed by atoms with Crippen molar-refractivity contribution >= 4 is 31.6 Å². The van der Waals surface area contributed by atoms with Crippen LogP contribution in [0.1, 0.15) is 19.9 Å². The van der Waals surface area contributed by atoms with Gasteiger partial charge in [0, 0.05) is 16.7 Å². The molecular weight excluding hydrogens is 330 g/mol. The zero-order chi connectivity index (χ0) is 14.0. The molecule has 0 atom stereocenters. The SMILES string of the molecule is CC(C)n1cc(NS(=O)(=O)c2ccccc2Br)cn1. The number of sulfonamides is 1. The Labute approximate surface area is 120 Å². The van der Waals surface area contributed by atoms with E-state index >= 15 is 0 Å². The van der Waals surface area contributed by atoms with E-state index in [1.807, 2.05) is 13.8 Å². The summed E-state index contributed by atoms with van der Waals surface area (Å²) in [4.78, 5) is 0.201. The van der Waals surface area contributed by atoms with Crippen molar-refractivity contribution in [3.63, 3.8) is 0 Å². The minimum atomic E-state index is -3.61. The molecule has 19 heavy (non-hydrogen) atoms. The van der Waals surface area contributed by atoms with Gasteiger partial charge < -0.3 is 0 Å². The molecule has 5 nitrogen and oxygen atoms in total. The van der Waals surface area contributed by atoms with Crippen molar-refractivity contribution in [3.8, 4) is 0 Å². The average molecular weight is 344 g/mol. The Morgan fingerprint density at radius 2 is 2.00 bits per heavy atom. The molecule has 1 N–H and O–H groups in total. The number of rotatable bonds is 4. The first-order valence-corrected chi connectivity index (χ1v) is 7.99. The fourth-order valence-corrected chi connectivity index (χ4v) is 3.58. The van der Waals surface area contributed by atoms with Crippen LogP contribution in [-0.2, 0) is 10.0 Å². The minimum absolute atomic E-state index is 0.182. The van der Waals surface area contributed by atoms with E-state index in [0.29, 0.717) is 10.2 Å². The lowest BCUT2D eigenvalue weighted by atomic mass is 10.4. The van der Waals surface area contributed by atoms with E-state index in [4.69, 9.17) is 0 Å². The lowest BCUT2D eigenvalue weighted by Crippen LogP contribution is -2.13. The topological polar surface area (TPSA) is 64.0 Å². The first-order chi connectivity index (χ1) is 8.90. The number of aromatic nitrogens is 2. The van der Waals surface area contributed by atoms with E-state index in [1.54, 1.807) is 35.1 Å². The van der Waals surface area contributed by atoms with Crippen LogP contribution < -0.4 is 4.72 Å². The van der Waals surface area contributed by atoms with E-state index in [9.17, 15) is 8.42 Å². The fourth-order valence-electron chi connectivity index (χ4n) is 1.55. The van der Waals surface area contributed by atoms with Gasteiger partial charge in [0.05, 0.1) is 11.9 Å². The summed E-state index contributed by atoms with van der Waals surface area (Å²) in [6, 6.07) is 6.85. The number of nitrogens with zero attached hydrogens (tertiary/aromatic N) is 2. The first-order valence-electron chi connectivity index (χ1n) is 5.71. The molecule has 1 aromatic carbocycles. The van der Waals surface area contributed by atoms with E-state index in [-0.39, 0.29) is 10.9 Å². The van der Waals surface area contributed by atoms with Crippen LogP contribution >= 0.6 is 15.9 Å². The van der Waals surface area contributed by atoms with Crippen molar-refractivity contribution in [1.29, 1.82) is 0 Å². The summed E-state index contributed by atoms with van der Waals surface area (Å²) >= 11 is 3.23. The number of nitrogens with one attached hydrogen (secondary N) is 1. The molecule has 1 heterocycles. The summed E-state index contributed by atoms with van der Waals surface area (Å²) in [5.41, 5.74) is 0.449. The predicted octanol–water partition coefficient (Wildman–Crippen LogP) is 3.03. The zero-order valence-electron chi connectivity index (χ0n) is 10.5. The Kier molecular flexibility index (Phi) is 3.96. The largest absolute Gasteiger partial charge is 0.276 e. The van der Waals surface area contributed by atoms with Gasteiger partial charge >= 0.3 is 0 Å². The van der Waals surface area contributed by atoms with Gasteiger partial charge in [-0.25, -0.2) is 8.42 Å². The summed E-state index contributed by atoms with van der Waals surface area (Å²) in [6.07, 6.45) is 3.16. The van der Waals surface area contributed by atoms with Crippen LogP contribution in [0.25, 0.3) is 0 Å². The highest BCUT2D eigenvalue weighted by molar-refractivity contribution is 9.10. The van der Waals surface area contributed by atoms with Crippen molar-refractivity contribution in [2.75, 3.05) is 4.72 Å². The van der Waals surface area contributed by atoms with Crippen molar-refractivity contribution in [2.24, 2.45) is 0 Å². The standard InChI is InChI=1S/C12H14BrN3O2S/c1-9(2)16-8-10(7-14-16)15-19(17,18)12-6-4-3-5-11(12)13/h3-9,15H,1-2H3. The second-order valence-electron chi connectivity index (χ2n) is 4.34. The first kappa shape index (κ1) is 14.1. The highest BCUT2D eigenvalue weighted by Gasteiger charge is 2.18. The molecule has 1 aromatic heterocycles. The van der Waals surface area contributed by atoms with Crippen LogP contribution in [0, 0.1) is 0 Å². The van der Waals surface area contributed by atoms with Gasteiger partial charge in [-0.3, -0.25) is 9.40 Å². The lowest BCUT2D eigenvalue weighted by Gasteiger charge is -2.07. The third-order valence-electron chi connectivity index (χ3n) is 2.51. The van der Waals surface area contributed by atoms with Gasteiger partial charge in [-0.15, -0.1) is 0 Å². The Bertz CT molecular complexity index is 680. The Balaban J connectivity index is 2.29. The molecule has 0 saturated carbocycles. The van der Waals surface area contributed by atoms with Crippen molar-refractivity contribution in [3.05, 3.63) is 41.1 Å². The van der Waals surface area contributed by atoms with Crippen LogP contribution in [0.5, 0.6) is 0 Å². The number of halogens is 1.